The summed E-state index contributed by atoms with van der Waals surface area (Å²) in [5.74, 6) is 2.68. The maximum Gasteiger partial charge on any atom is 0.340 e. The summed E-state index contributed by atoms with van der Waals surface area (Å²) in [6.45, 7) is 4.36. The molecular formula is C20H24N4O3S. The van der Waals surface area contributed by atoms with Gasteiger partial charge in [0, 0.05) is 37.3 Å². The van der Waals surface area contributed by atoms with E-state index in [1.165, 1.54) is 0 Å². The van der Waals surface area contributed by atoms with Gasteiger partial charge in [-0.1, -0.05) is 12.1 Å². The molecule has 1 fully saturated rings. The van der Waals surface area contributed by atoms with Gasteiger partial charge in [0.25, 0.3) is 0 Å². The lowest BCUT2D eigenvalue weighted by atomic mass is 10.2. The number of carbonyl (C=O) groups is 2. The first-order valence-corrected chi connectivity index (χ1v) is 10.4. The minimum absolute atomic E-state index is 0.277. The highest BCUT2D eigenvalue weighted by Gasteiger charge is 2.15. The normalized spacial score (nSPS) is 13.7. The Labute approximate surface area is 168 Å². The highest BCUT2D eigenvalue weighted by atomic mass is 32.2. The highest BCUT2D eigenvalue weighted by molar-refractivity contribution is 7.99. The van der Waals surface area contributed by atoms with Crippen molar-refractivity contribution in [3.05, 3.63) is 53.7 Å². The fourth-order valence-electron chi connectivity index (χ4n) is 2.86. The minimum Gasteiger partial charge on any atom is -0.462 e. The zero-order chi connectivity index (χ0) is 19.8. The summed E-state index contributed by atoms with van der Waals surface area (Å²) in [5.41, 5.74) is 1.71. The van der Waals surface area contributed by atoms with E-state index >= 15 is 0 Å². The van der Waals surface area contributed by atoms with Crippen molar-refractivity contribution in [1.82, 2.24) is 10.3 Å². The maximum atomic E-state index is 12.3. The highest BCUT2D eigenvalue weighted by Crippen LogP contribution is 2.18. The summed E-state index contributed by atoms with van der Waals surface area (Å²) in [5, 5.41) is 5.54. The van der Waals surface area contributed by atoms with E-state index in [0.717, 1.165) is 36.0 Å². The quantitative estimate of drug-likeness (QED) is 0.725. The molecular weight excluding hydrogens is 376 g/mol. The average Bonchev–Trinajstić information content (AvgIpc) is 2.74. The van der Waals surface area contributed by atoms with Gasteiger partial charge in [-0.15, -0.1) is 0 Å². The summed E-state index contributed by atoms with van der Waals surface area (Å²) in [6.07, 6.45) is 1.77. The molecule has 28 heavy (non-hydrogen) atoms. The molecule has 0 atom stereocenters. The van der Waals surface area contributed by atoms with Crippen LogP contribution in [0, 0.1) is 0 Å². The molecule has 2 aromatic rings. The molecule has 2 amide bonds. The van der Waals surface area contributed by atoms with Crippen LogP contribution in [0.1, 0.15) is 22.8 Å². The Bertz CT molecular complexity index is 825. The standard InChI is InChI=1S/C20H24N4O3S/c1-2-27-19(25)16-5-3-4-6-17(16)23-20(26)22-14-15-7-8-21-18(13-15)24-9-11-28-12-10-24/h3-8,13H,2,9-12,14H2,1H3,(H2,22,23,26). The van der Waals surface area contributed by atoms with Gasteiger partial charge in [0.2, 0.25) is 0 Å². The number of pyridine rings is 1. The lowest BCUT2D eigenvalue weighted by molar-refractivity contribution is 0.0527. The molecule has 3 rings (SSSR count). The van der Waals surface area contributed by atoms with Gasteiger partial charge in [0.05, 0.1) is 17.9 Å². The van der Waals surface area contributed by atoms with E-state index in [1.807, 2.05) is 23.9 Å². The Morgan fingerprint density at radius 1 is 1.21 bits per heavy atom. The molecule has 0 bridgehead atoms. The molecule has 7 nitrogen and oxygen atoms in total. The second kappa shape index (κ2) is 9.98. The first kappa shape index (κ1) is 20.0. The number of amides is 2. The first-order valence-electron chi connectivity index (χ1n) is 9.26. The zero-order valence-electron chi connectivity index (χ0n) is 15.8. The number of hydrogen-bond acceptors (Lipinski definition) is 6. The molecule has 1 aliphatic heterocycles. The fourth-order valence-corrected chi connectivity index (χ4v) is 3.77. The number of nitrogens with one attached hydrogen (secondary N) is 2. The number of thioether (sulfide) groups is 1. The van der Waals surface area contributed by atoms with Gasteiger partial charge in [-0.25, -0.2) is 14.6 Å². The van der Waals surface area contributed by atoms with Crippen molar-refractivity contribution in [2.45, 2.75) is 13.5 Å². The number of benzene rings is 1. The summed E-state index contributed by atoms with van der Waals surface area (Å²) in [4.78, 5) is 31.0. The lowest BCUT2D eigenvalue weighted by Gasteiger charge is -2.27. The number of carbonyl (C=O) groups excluding carboxylic acids is 2. The third-order valence-corrected chi connectivity index (χ3v) is 5.21. The molecule has 1 aromatic carbocycles. The van der Waals surface area contributed by atoms with Crippen LogP contribution in [0.5, 0.6) is 0 Å². The van der Waals surface area contributed by atoms with E-state index in [9.17, 15) is 9.59 Å². The van der Waals surface area contributed by atoms with Crippen LogP contribution in [0.2, 0.25) is 0 Å². The average molecular weight is 401 g/mol. The Hall–Kier alpha value is -2.74. The molecule has 1 aromatic heterocycles. The molecule has 148 valence electrons. The fraction of sp³-hybridized carbons (Fsp3) is 0.350. The van der Waals surface area contributed by atoms with Gasteiger partial charge in [-0.3, -0.25) is 0 Å². The van der Waals surface area contributed by atoms with Gasteiger partial charge in [-0.05, 0) is 36.8 Å². The number of urea groups is 1. The third kappa shape index (κ3) is 5.39. The van der Waals surface area contributed by atoms with E-state index in [-0.39, 0.29) is 12.6 Å². The monoisotopic (exact) mass is 400 g/mol. The topological polar surface area (TPSA) is 83.6 Å². The van der Waals surface area contributed by atoms with Crippen LogP contribution in [0.15, 0.2) is 42.6 Å². The third-order valence-electron chi connectivity index (χ3n) is 4.27. The maximum absolute atomic E-state index is 12.3. The Kier molecular flexibility index (Phi) is 7.13. The van der Waals surface area contributed by atoms with Crippen molar-refractivity contribution < 1.29 is 14.3 Å². The molecule has 0 unspecified atom stereocenters. The second-order valence-electron chi connectivity index (χ2n) is 6.20. The molecule has 1 saturated heterocycles. The zero-order valence-corrected chi connectivity index (χ0v) is 16.6. The summed E-state index contributed by atoms with van der Waals surface area (Å²) >= 11 is 1.95. The molecule has 0 aliphatic carbocycles. The summed E-state index contributed by atoms with van der Waals surface area (Å²) in [6, 6.07) is 10.3. The number of ether oxygens (including phenoxy) is 1. The van der Waals surface area contributed by atoms with Gasteiger partial charge in [-0.2, -0.15) is 11.8 Å². The van der Waals surface area contributed by atoms with E-state index in [2.05, 4.69) is 20.5 Å². The molecule has 2 N–H and O–H groups in total. The SMILES string of the molecule is CCOC(=O)c1ccccc1NC(=O)NCc1ccnc(N2CCSCC2)c1. The van der Waals surface area contributed by atoms with Gasteiger partial charge in [0.1, 0.15) is 5.82 Å². The van der Waals surface area contributed by atoms with E-state index in [0.29, 0.717) is 17.8 Å². The van der Waals surface area contributed by atoms with Gasteiger partial charge < -0.3 is 20.3 Å². The number of nitrogens with zero attached hydrogens (tertiary/aromatic N) is 2. The minimum atomic E-state index is -0.461. The van der Waals surface area contributed by atoms with Crippen LogP contribution >= 0.6 is 11.8 Å². The molecule has 0 spiro atoms. The van der Waals surface area contributed by atoms with Gasteiger partial charge >= 0.3 is 12.0 Å². The van der Waals surface area contributed by atoms with Crippen molar-refractivity contribution >= 4 is 35.3 Å². The van der Waals surface area contributed by atoms with E-state index in [1.54, 1.807) is 37.4 Å². The number of esters is 1. The van der Waals surface area contributed by atoms with Crippen LogP contribution in [-0.4, -0.2) is 48.2 Å². The van der Waals surface area contributed by atoms with E-state index < -0.39 is 5.97 Å². The molecule has 2 heterocycles. The summed E-state index contributed by atoms with van der Waals surface area (Å²) in [7, 11) is 0. The van der Waals surface area contributed by atoms with Crippen molar-refractivity contribution in [3.8, 4) is 0 Å². The van der Waals surface area contributed by atoms with Crippen LogP contribution < -0.4 is 15.5 Å². The van der Waals surface area contributed by atoms with Crippen LogP contribution in [0.25, 0.3) is 0 Å². The number of anilines is 2. The Balaban J connectivity index is 1.58. The lowest BCUT2D eigenvalue weighted by Crippen LogP contribution is -2.33. The first-order chi connectivity index (χ1) is 13.7. The smallest absolute Gasteiger partial charge is 0.340 e. The number of rotatable bonds is 6. The molecule has 0 saturated carbocycles. The predicted molar refractivity (Wildman–Crippen MR) is 112 cm³/mol. The number of para-hydroxylation sites is 1. The molecule has 8 heteroatoms. The van der Waals surface area contributed by atoms with Crippen molar-refractivity contribution in [2.75, 3.05) is 41.4 Å². The Morgan fingerprint density at radius 3 is 2.79 bits per heavy atom. The predicted octanol–water partition coefficient (Wildman–Crippen LogP) is 3.13. The summed E-state index contributed by atoms with van der Waals surface area (Å²) < 4.78 is 5.03. The van der Waals surface area contributed by atoms with Crippen molar-refractivity contribution in [1.29, 1.82) is 0 Å². The largest absolute Gasteiger partial charge is 0.462 e. The number of aromatic nitrogens is 1. The second-order valence-corrected chi connectivity index (χ2v) is 7.42. The van der Waals surface area contributed by atoms with Crippen LogP contribution in [0.4, 0.5) is 16.3 Å². The van der Waals surface area contributed by atoms with Crippen LogP contribution in [-0.2, 0) is 11.3 Å². The van der Waals surface area contributed by atoms with Crippen molar-refractivity contribution in [2.24, 2.45) is 0 Å². The Morgan fingerprint density at radius 2 is 2.00 bits per heavy atom. The molecule has 1 aliphatic rings. The number of hydrogen-bond donors (Lipinski definition) is 2. The molecule has 0 radical (unpaired) electrons. The van der Waals surface area contributed by atoms with Crippen LogP contribution in [0.3, 0.4) is 0 Å². The van der Waals surface area contributed by atoms with Gasteiger partial charge in [0.15, 0.2) is 0 Å². The van der Waals surface area contributed by atoms with Crippen molar-refractivity contribution in [3.63, 3.8) is 0 Å². The van der Waals surface area contributed by atoms with E-state index in [4.69, 9.17) is 4.74 Å².